The van der Waals surface area contributed by atoms with Gasteiger partial charge in [0.2, 0.25) is 0 Å². The summed E-state index contributed by atoms with van der Waals surface area (Å²) in [5.41, 5.74) is 1.06. The van der Waals surface area contributed by atoms with Crippen molar-refractivity contribution in [1.29, 1.82) is 0 Å². The molecule has 1 aromatic carbocycles. The van der Waals surface area contributed by atoms with E-state index in [9.17, 15) is 4.79 Å². The second-order valence-electron chi connectivity index (χ2n) is 5.56. The van der Waals surface area contributed by atoms with E-state index in [1.807, 2.05) is 24.3 Å². The predicted molar refractivity (Wildman–Crippen MR) is 82.7 cm³/mol. The molecule has 3 heteroatoms. The first-order chi connectivity index (χ1) is 8.59. The lowest BCUT2D eigenvalue weighted by Crippen LogP contribution is -2.37. The number of benzene rings is 1. The second-order valence-corrected chi connectivity index (χ2v) is 6.81. The van der Waals surface area contributed by atoms with Crippen molar-refractivity contribution in [1.82, 2.24) is 5.32 Å². The average molecular weight is 357 g/mol. The average Bonchev–Trinajstić information content (AvgIpc) is 2.38. The van der Waals surface area contributed by atoms with E-state index in [1.54, 1.807) is 0 Å². The van der Waals surface area contributed by atoms with Gasteiger partial charge < -0.3 is 5.32 Å². The molecule has 0 spiro atoms. The van der Waals surface area contributed by atoms with Gasteiger partial charge in [-0.1, -0.05) is 26.2 Å². The van der Waals surface area contributed by atoms with Gasteiger partial charge >= 0.3 is 0 Å². The zero-order chi connectivity index (χ0) is 13.0. The molecule has 2 rings (SSSR count). The number of halogens is 1. The van der Waals surface area contributed by atoms with Gasteiger partial charge in [0.25, 0.3) is 5.91 Å². The Hall–Kier alpha value is -0.580. The molecule has 1 amide bonds. The van der Waals surface area contributed by atoms with Crippen LogP contribution in [-0.2, 0) is 0 Å². The number of hydrogen-bond donors (Lipinski definition) is 1. The lowest BCUT2D eigenvalue weighted by molar-refractivity contribution is 0.0919. The molecule has 1 saturated carbocycles. The van der Waals surface area contributed by atoms with Crippen LogP contribution >= 0.6 is 22.6 Å². The van der Waals surface area contributed by atoms with E-state index >= 15 is 0 Å². The van der Waals surface area contributed by atoms with E-state index in [4.69, 9.17) is 0 Å². The van der Waals surface area contributed by atoms with E-state index in [0.29, 0.717) is 5.41 Å². The molecule has 0 bridgehead atoms. The van der Waals surface area contributed by atoms with Crippen molar-refractivity contribution < 1.29 is 4.79 Å². The van der Waals surface area contributed by atoms with E-state index < -0.39 is 0 Å². The van der Waals surface area contributed by atoms with Gasteiger partial charge in [-0.05, 0) is 65.1 Å². The highest BCUT2D eigenvalue weighted by Gasteiger charge is 2.27. The van der Waals surface area contributed by atoms with Crippen molar-refractivity contribution in [2.45, 2.75) is 39.0 Å². The maximum Gasteiger partial charge on any atom is 0.251 e. The summed E-state index contributed by atoms with van der Waals surface area (Å²) in [5, 5.41) is 3.09. The molecule has 1 aliphatic carbocycles. The smallest absolute Gasteiger partial charge is 0.251 e. The van der Waals surface area contributed by atoms with Gasteiger partial charge in [0.1, 0.15) is 0 Å². The summed E-state index contributed by atoms with van der Waals surface area (Å²) in [5.74, 6) is 0.0539. The van der Waals surface area contributed by atoms with Gasteiger partial charge in [-0.25, -0.2) is 0 Å². The lowest BCUT2D eigenvalue weighted by atomic mass is 9.76. The summed E-state index contributed by atoms with van der Waals surface area (Å²) < 4.78 is 1.16. The number of nitrogens with one attached hydrogen (secondary N) is 1. The van der Waals surface area contributed by atoms with Gasteiger partial charge in [-0.15, -0.1) is 0 Å². The lowest BCUT2D eigenvalue weighted by Gasteiger charge is -2.33. The van der Waals surface area contributed by atoms with Crippen LogP contribution in [0.15, 0.2) is 24.3 Å². The minimum absolute atomic E-state index is 0.0539. The standard InChI is InChI=1S/C15H20INO/c1-15(9-3-2-4-10-15)11-17-14(18)12-5-7-13(16)8-6-12/h5-8H,2-4,9-11H2,1H3,(H,17,18). The SMILES string of the molecule is CC1(CNC(=O)c2ccc(I)cc2)CCCCC1. The Morgan fingerprint density at radius 1 is 1.22 bits per heavy atom. The van der Waals surface area contributed by atoms with E-state index in [1.165, 1.54) is 32.1 Å². The summed E-state index contributed by atoms with van der Waals surface area (Å²) in [6.45, 7) is 3.10. The van der Waals surface area contributed by atoms with Crippen LogP contribution in [-0.4, -0.2) is 12.5 Å². The van der Waals surface area contributed by atoms with Crippen molar-refractivity contribution in [3.8, 4) is 0 Å². The molecule has 0 unspecified atom stereocenters. The van der Waals surface area contributed by atoms with Gasteiger partial charge in [0.15, 0.2) is 0 Å². The van der Waals surface area contributed by atoms with Crippen LogP contribution in [0.4, 0.5) is 0 Å². The zero-order valence-electron chi connectivity index (χ0n) is 10.8. The highest BCUT2D eigenvalue weighted by Crippen LogP contribution is 2.34. The quantitative estimate of drug-likeness (QED) is 0.815. The molecular formula is C15H20INO. The molecule has 2 nitrogen and oxygen atoms in total. The summed E-state index contributed by atoms with van der Waals surface area (Å²) in [6, 6.07) is 7.72. The largest absolute Gasteiger partial charge is 0.351 e. The number of carbonyl (C=O) groups is 1. The molecule has 1 fully saturated rings. The van der Waals surface area contributed by atoms with Crippen molar-refractivity contribution in [3.63, 3.8) is 0 Å². The third-order valence-corrected chi connectivity index (χ3v) is 4.56. The van der Waals surface area contributed by atoms with Crippen molar-refractivity contribution in [2.75, 3.05) is 6.54 Å². The Labute approximate surface area is 123 Å². The van der Waals surface area contributed by atoms with Gasteiger partial charge in [0, 0.05) is 15.7 Å². The molecule has 0 aliphatic heterocycles. The molecule has 1 aliphatic rings. The number of carbonyl (C=O) groups excluding carboxylic acids is 1. The molecule has 0 aromatic heterocycles. The molecule has 0 atom stereocenters. The minimum atomic E-state index is 0.0539. The first-order valence-electron chi connectivity index (χ1n) is 6.63. The monoisotopic (exact) mass is 357 g/mol. The topological polar surface area (TPSA) is 29.1 Å². The normalized spacial score (nSPS) is 18.3. The summed E-state index contributed by atoms with van der Waals surface area (Å²) >= 11 is 2.25. The Balaban J connectivity index is 1.89. The van der Waals surface area contributed by atoms with Crippen molar-refractivity contribution >= 4 is 28.5 Å². The second kappa shape index (κ2) is 6.04. The third kappa shape index (κ3) is 3.70. The summed E-state index contributed by atoms with van der Waals surface area (Å²) in [4.78, 5) is 12.0. The molecule has 18 heavy (non-hydrogen) atoms. The molecule has 1 aromatic rings. The van der Waals surface area contributed by atoms with Crippen LogP contribution in [0.1, 0.15) is 49.4 Å². The van der Waals surface area contributed by atoms with Crippen LogP contribution in [0.3, 0.4) is 0 Å². The molecule has 0 heterocycles. The Morgan fingerprint density at radius 2 is 1.83 bits per heavy atom. The Bertz CT molecular complexity index is 407. The number of amides is 1. The fourth-order valence-corrected chi connectivity index (χ4v) is 2.94. The number of hydrogen-bond acceptors (Lipinski definition) is 1. The van der Waals surface area contributed by atoms with E-state index in [2.05, 4.69) is 34.8 Å². The van der Waals surface area contributed by atoms with Crippen LogP contribution in [0, 0.1) is 8.99 Å². The first-order valence-corrected chi connectivity index (χ1v) is 7.71. The maximum absolute atomic E-state index is 12.0. The van der Waals surface area contributed by atoms with Crippen LogP contribution in [0.5, 0.6) is 0 Å². The zero-order valence-corrected chi connectivity index (χ0v) is 13.0. The molecule has 1 N–H and O–H groups in total. The van der Waals surface area contributed by atoms with E-state index in [0.717, 1.165) is 15.7 Å². The summed E-state index contributed by atoms with van der Waals surface area (Å²) in [6.07, 6.45) is 6.42. The molecule has 0 saturated heterocycles. The fourth-order valence-electron chi connectivity index (χ4n) is 2.58. The van der Waals surface area contributed by atoms with Crippen LogP contribution < -0.4 is 5.32 Å². The first kappa shape index (κ1) is 13.8. The highest BCUT2D eigenvalue weighted by molar-refractivity contribution is 14.1. The van der Waals surface area contributed by atoms with Crippen LogP contribution in [0.25, 0.3) is 0 Å². The van der Waals surface area contributed by atoms with Crippen molar-refractivity contribution in [3.05, 3.63) is 33.4 Å². The summed E-state index contributed by atoms with van der Waals surface area (Å²) in [7, 11) is 0. The minimum Gasteiger partial charge on any atom is -0.351 e. The van der Waals surface area contributed by atoms with Crippen LogP contribution in [0.2, 0.25) is 0 Å². The fraction of sp³-hybridized carbons (Fsp3) is 0.533. The molecule has 98 valence electrons. The highest BCUT2D eigenvalue weighted by atomic mass is 127. The van der Waals surface area contributed by atoms with Gasteiger partial charge in [-0.2, -0.15) is 0 Å². The van der Waals surface area contributed by atoms with Gasteiger partial charge in [0.05, 0.1) is 0 Å². The maximum atomic E-state index is 12.0. The predicted octanol–water partition coefficient (Wildman–Crippen LogP) is 3.99. The third-order valence-electron chi connectivity index (χ3n) is 3.84. The molecule has 0 radical (unpaired) electrons. The van der Waals surface area contributed by atoms with Gasteiger partial charge in [-0.3, -0.25) is 4.79 Å². The Kier molecular flexibility index (Phi) is 4.65. The van der Waals surface area contributed by atoms with Crippen molar-refractivity contribution in [2.24, 2.45) is 5.41 Å². The van der Waals surface area contributed by atoms with E-state index in [-0.39, 0.29) is 5.91 Å². The molecular weight excluding hydrogens is 337 g/mol. The Morgan fingerprint density at radius 3 is 2.44 bits per heavy atom. The number of rotatable bonds is 3.